The van der Waals surface area contributed by atoms with Gasteiger partial charge in [-0.3, -0.25) is 0 Å². The molecule has 0 atom stereocenters. The van der Waals surface area contributed by atoms with E-state index in [-0.39, 0.29) is 11.5 Å². The number of benzene rings is 2. The van der Waals surface area contributed by atoms with Crippen LogP contribution in [0, 0.1) is 0 Å². The third kappa shape index (κ3) is 3.01. The second-order valence-corrected chi connectivity index (χ2v) is 7.88. The van der Waals surface area contributed by atoms with Gasteiger partial charge in [0.1, 0.15) is 16.9 Å². The van der Waals surface area contributed by atoms with E-state index in [1.54, 1.807) is 6.07 Å². The number of ether oxygens (including phenoxy) is 1. The predicted molar refractivity (Wildman–Crippen MR) is 110 cm³/mol. The van der Waals surface area contributed by atoms with Crippen molar-refractivity contribution in [3.05, 3.63) is 64.0 Å². The van der Waals surface area contributed by atoms with Gasteiger partial charge in [-0.2, -0.15) is 0 Å². The lowest BCUT2D eigenvalue weighted by molar-refractivity contribution is 0.161. The van der Waals surface area contributed by atoms with Crippen LogP contribution in [0.15, 0.2) is 51.7 Å². The quantitative estimate of drug-likeness (QED) is 0.493. The molecule has 27 heavy (non-hydrogen) atoms. The highest BCUT2D eigenvalue weighted by molar-refractivity contribution is 5.98. The van der Waals surface area contributed by atoms with Gasteiger partial charge in [-0.05, 0) is 60.7 Å². The van der Waals surface area contributed by atoms with Crippen LogP contribution in [0.2, 0.25) is 0 Å². The molecule has 3 aromatic rings. The summed E-state index contributed by atoms with van der Waals surface area (Å²) in [5, 5.41) is 0.872. The molecule has 4 rings (SSSR count). The molecule has 2 N–H and O–H groups in total. The summed E-state index contributed by atoms with van der Waals surface area (Å²) in [6, 6.07) is 11.2. The fourth-order valence-corrected chi connectivity index (χ4v) is 3.55. The molecule has 1 aromatic heterocycles. The minimum absolute atomic E-state index is 0.167. The number of rotatable bonds is 2. The lowest BCUT2D eigenvalue weighted by atomic mass is 9.89. The van der Waals surface area contributed by atoms with Crippen molar-refractivity contribution >= 4 is 22.7 Å². The fourth-order valence-electron chi connectivity index (χ4n) is 3.55. The van der Waals surface area contributed by atoms with E-state index < -0.39 is 5.60 Å². The Kier molecular flexibility index (Phi) is 3.88. The summed E-state index contributed by atoms with van der Waals surface area (Å²) in [5.41, 5.74) is 10.2. The Bertz CT molecular complexity index is 1120. The van der Waals surface area contributed by atoms with E-state index in [0.29, 0.717) is 11.3 Å². The monoisotopic (exact) mass is 361 g/mol. The summed E-state index contributed by atoms with van der Waals surface area (Å²) in [5.74, 6) is 0.931. The maximum Gasteiger partial charge on any atom is 0.336 e. The van der Waals surface area contributed by atoms with Crippen molar-refractivity contribution in [3.8, 4) is 16.9 Å². The average molecular weight is 361 g/mol. The highest BCUT2D eigenvalue weighted by Crippen LogP contribution is 2.45. The first-order valence-corrected chi connectivity index (χ1v) is 9.14. The molecule has 0 saturated carbocycles. The number of hydrogen-bond donors (Lipinski definition) is 1. The highest BCUT2D eigenvalue weighted by Gasteiger charge is 2.28. The van der Waals surface area contributed by atoms with Crippen molar-refractivity contribution in [1.29, 1.82) is 0 Å². The molecule has 0 unspecified atom stereocenters. The summed E-state index contributed by atoms with van der Waals surface area (Å²) < 4.78 is 12.0. The third-order valence-electron chi connectivity index (χ3n) is 4.92. The van der Waals surface area contributed by atoms with E-state index in [9.17, 15) is 4.79 Å². The molecule has 2 aromatic carbocycles. The Balaban J connectivity index is 2.13. The van der Waals surface area contributed by atoms with Crippen LogP contribution in [0.3, 0.4) is 0 Å². The van der Waals surface area contributed by atoms with Crippen molar-refractivity contribution in [3.63, 3.8) is 0 Å². The van der Waals surface area contributed by atoms with Crippen LogP contribution >= 0.6 is 0 Å². The van der Waals surface area contributed by atoms with Crippen molar-refractivity contribution in [2.75, 3.05) is 5.73 Å². The molecule has 4 heteroatoms. The highest BCUT2D eigenvalue weighted by atomic mass is 16.5. The minimum atomic E-state index is -0.440. The molecule has 0 amide bonds. The van der Waals surface area contributed by atoms with Gasteiger partial charge in [-0.15, -0.1) is 0 Å². The third-order valence-corrected chi connectivity index (χ3v) is 4.92. The lowest BCUT2D eigenvalue weighted by Crippen LogP contribution is -2.28. The van der Waals surface area contributed by atoms with Crippen LogP contribution in [0.25, 0.3) is 28.2 Å². The smallest absolute Gasteiger partial charge is 0.336 e. The molecule has 0 aliphatic carbocycles. The van der Waals surface area contributed by atoms with Gasteiger partial charge in [0.2, 0.25) is 0 Å². The van der Waals surface area contributed by atoms with Crippen molar-refractivity contribution in [1.82, 2.24) is 0 Å². The first kappa shape index (κ1) is 17.4. The van der Waals surface area contributed by atoms with Crippen molar-refractivity contribution in [2.45, 2.75) is 39.2 Å². The Morgan fingerprint density at radius 3 is 2.44 bits per heavy atom. The molecule has 138 valence electrons. The second-order valence-electron chi connectivity index (χ2n) is 7.88. The summed E-state index contributed by atoms with van der Waals surface area (Å²) in [6.07, 6.45) is 4.15. The van der Waals surface area contributed by atoms with Gasteiger partial charge in [0.25, 0.3) is 0 Å². The maximum atomic E-state index is 12.2. The van der Waals surface area contributed by atoms with Crippen molar-refractivity contribution < 1.29 is 9.15 Å². The summed E-state index contributed by atoms with van der Waals surface area (Å²) in [6.45, 7) is 8.17. The standard InChI is InChI=1S/C23H23NO3/c1-13(2)17-12-20(25)26-19-11-18(14-5-7-15(24)8-6-14)16-9-10-23(3,4)27-22(16)21(17)19/h5-13H,24H2,1-4H3. The van der Waals surface area contributed by atoms with E-state index >= 15 is 0 Å². The number of nitrogens with two attached hydrogens (primary N) is 1. The van der Waals surface area contributed by atoms with Gasteiger partial charge in [0.15, 0.2) is 0 Å². The summed E-state index contributed by atoms with van der Waals surface area (Å²) in [4.78, 5) is 12.2. The van der Waals surface area contributed by atoms with E-state index in [1.807, 2.05) is 44.2 Å². The lowest BCUT2D eigenvalue weighted by Gasteiger charge is -2.30. The zero-order valence-corrected chi connectivity index (χ0v) is 16.0. The maximum absolute atomic E-state index is 12.2. The van der Waals surface area contributed by atoms with Crippen molar-refractivity contribution in [2.24, 2.45) is 0 Å². The van der Waals surface area contributed by atoms with Crippen LogP contribution in [-0.2, 0) is 0 Å². The normalized spacial score (nSPS) is 15.0. The summed E-state index contributed by atoms with van der Waals surface area (Å²) in [7, 11) is 0. The zero-order valence-electron chi connectivity index (χ0n) is 16.0. The van der Waals surface area contributed by atoms with E-state index in [1.165, 1.54) is 0 Å². The first-order valence-electron chi connectivity index (χ1n) is 9.14. The molecule has 0 fully saturated rings. The Morgan fingerprint density at radius 2 is 1.78 bits per heavy atom. The number of hydrogen-bond acceptors (Lipinski definition) is 4. The molecule has 2 heterocycles. The van der Waals surface area contributed by atoms with Crippen LogP contribution in [0.4, 0.5) is 5.69 Å². The fraction of sp³-hybridized carbons (Fsp3) is 0.261. The summed E-state index contributed by atoms with van der Waals surface area (Å²) >= 11 is 0. The van der Waals surface area contributed by atoms with E-state index in [2.05, 4.69) is 26.0 Å². The molecule has 0 saturated heterocycles. The molecule has 1 aliphatic rings. The van der Waals surface area contributed by atoms with Gasteiger partial charge in [-0.25, -0.2) is 4.79 Å². The molecular formula is C23H23NO3. The molecule has 0 radical (unpaired) electrons. The molecule has 0 bridgehead atoms. The largest absolute Gasteiger partial charge is 0.482 e. The zero-order chi connectivity index (χ0) is 19.3. The van der Waals surface area contributed by atoms with Crippen LogP contribution < -0.4 is 16.1 Å². The number of nitrogen functional groups attached to an aromatic ring is 1. The Morgan fingerprint density at radius 1 is 1.07 bits per heavy atom. The number of anilines is 1. The Hall–Kier alpha value is -3.01. The number of fused-ring (bicyclic) bond motifs is 3. The van der Waals surface area contributed by atoms with Gasteiger partial charge < -0.3 is 14.9 Å². The first-order chi connectivity index (χ1) is 12.7. The molecule has 4 nitrogen and oxygen atoms in total. The van der Waals surface area contributed by atoms with Crippen LogP contribution in [0.1, 0.15) is 44.7 Å². The van der Waals surface area contributed by atoms with Gasteiger partial charge in [0.05, 0.1) is 5.39 Å². The van der Waals surface area contributed by atoms with E-state index in [0.717, 1.165) is 33.4 Å². The molecule has 1 aliphatic heterocycles. The van der Waals surface area contributed by atoms with E-state index in [4.69, 9.17) is 14.9 Å². The van der Waals surface area contributed by atoms with Gasteiger partial charge >= 0.3 is 5.63 Å². The minimum Gasteiger partial charge on any atom is -0.482 e. The van der Waals surface area contributed by atoms with Gasteiger partial charge in [-0.1, -0.05) is 32.1 Å². The average Bonchev–Trinajstić information content (AvgIpc) is 2.59. The van der Waals surface area contributed by atoms with Crippen LogP contribution in [-0.4, -0.2) is 5.60 Å². The molecular weight excluding hydrogens is 338 g/mol. The topological polar surface area (TPSA) is 65.5 Å². The van der Waals surface area contributed by atoms with Gasteiger partial charge in [0, 0.05) is 17.3 Å². The van der Waals surface area contributed by atoms with Crippen LogP contribution in [0.5, 0.6) is 5.75 Å². The SMILES string of the molecule is CC(C)c1cc(=O)oc2cc(-c3ccc(N)cc3)c3c(c12)OC(C)(C)C=C3. The Labute approximate surface area is 158 Å². The second kappa shape index (κ2) is 6.02. The molecule has 0 spiro atoms. The predicted octanol–water partition coefficient (Wildman–Crippen LogP) is 5.35.